The molecule has 156 valence electrons. The van der Waals surface area contributed by atoms with Gasteiger partial charge in [-0.2, -0.15) is 4.31 Å². The Kier molecular flexibility index (Phi) is 6.92. The second kappa shape index (κ2) is 9.21. The molecule has 2 saturated heterocycles. The standard InChI is InChI=1S/C19H29N3O5S/c1-20-9-7-16(8-10-20)21(2)19(23)15-27-17-3-5-18(6-4-17)28(24,25)22-11-13-26-14-12-22/h3-6,16H,7-15H2,1-2H3/p+1. The number of hydrogen-bond donors (Lipinski definition) is 1. The van der Waals surface area contributed by atoms with Gasteiger partial charge in [-0.25, -0.2) is 8.42 Å². The molecule has 0 unspecified atom stereocenters. The molecule has 9 heteroatoms. The average Bonchev–Trinajstić information content (AvgIpc) is 2.73. The summed E-state index contributed by atoms with van der Waals surface area (Å²) in [5.41, 5.74) is 0. The van der Waals surface area contributed by atoms with Gasteiger partial charge in [-0.05, 0) is 24.3 Å². The minimum atomic E-state index is -3.52. The molecule has 0 saturated carbocycles. The molecule has 8 nitrogen and oxygen atoms in total. The first-order chi connectivity index (χ1) is 13.4. The molecule has 1 aromatic rings. The highest BCUT2D eigenvalue weighted by Crippen LogP contribution is 2.20. The van der Waals surface area contributed by atoms with Crippen molar-refractivity contribution in [1.29, 1.82) is 0 Å². The van der Waals surface area contributed by atoms with Crippen molar-refractivity contribution < 1.29 is 27.6 Å². The number of nitrogens with zero attached hydrogens (tertiary/aromatic N) is 2. The third-order valence-corrected chi connectivity index (χ3v) is 7.46. The number of likely N-dealkylation sites (N-methyl/N-ethyl adjacent to an activating group) is 1. The second-order valence-electron chi connectivity index (χ2n) is 7.47. The van der Waals surface area contributed by atoms with Gasteiger partial charge < -0.3 is 19.3 Å². The lowest BCUT2D eigenvalue weighted by atomic mass is 10.0. The van der Waals surface area contributed by atoms with Crippen LogP contribution in [-0.4, -0.2) is 89.7 Å². The molecule has 0 atom stereocenters. The Labute approximate surface area is 167 Å². The molecule has 1 aromatic carbocycles. The fraction of sp³-hybridized carbons (Fsp3) is 0.632. The maximum absolute atomic E-state index is 12.6. The first kappa shape index (κ1) is 21.0. The quantitative estimate of drug-likeness (QED) is 0.663. The molecule has 0 bridgehead atoms. The molecule has 0 aromatic heterocycles. The normalized spacial score (nSPS) is 23.9. The Morgan fingerprint density at radius 2 is 1.82 bits per heavy atom. The fourth-order valence-corrected chi connectivity index (χ4v) is 4.99. The largest absolute Gasteiger partial charge is 0.484 e. The zero-order valence-corrected chi connectivity index (χ0v) is 17.4. The number of carbonyl (C=O) groups is 1. The number of hydrogen-bond acceptors (Lipinski definition) is 5. The van der Waals surface area contributed by atoms with Gasteiger partial charge in [-0.15, -0.1) is 0 Å². The highest BCUT2D eigenvalue weighted by atomic mass is 32.2. The van der Waals surface area contributed by atoms with Gasteiger partial charge in [0.25, 0.3) is 5.91 Å². The van der Waals surface area contributed by atoms with Crippen LogP contribution in [0.15, 0.2) is 29.2 Å². The van der Waals surface area contributed by atoms with E-state index in [2.05, 4.69) is 7.05 Å². The summed E-state index contributed by atoms with van der Waals surface area (Å²) in [5, 5.41) is 0. The molecule has 2 fully saturated rings. The number of benzene rings is 1. The monoisotopic (exact) mass is 412 g/mol. The van der Waals surface area contributed by atoms with E-state index in [9.17, 15) is 13.2 Å². The van der Waals surface area contributed by atoms with Gasteiger partial charge in [0, 0.05) is 39.0 Å². The van der Waals surface area contributed by atoms with Crippen molar-refractivity contribution in [3.8, 4) is 5.75 Å². The molecule has 1 N–H and O–H groups in total. The molecule has 3 rings (SSSR count). The van der Waals surface area contributed by atoms with Crippen LogP contribution in [0.4, 0.5) is 0 Å². The Morgan fingerprint density at radius 3 is 2.43 bits per heavy atom. The number of ether oxygens (including phenoxy) is 2. The molecular weight excluding hydrogens is 382 g/mol. The summed E-state index contributed by atoms with van der Waals surface area (Å²) in [6.45, 7) is 3.64. The molecule has 0 spiro atoms. The van der Waals surface area contributed by atoms with E-state index in [0.29, 0.717) is 32.1 Å². The summed E-state index contributed by atoms with van der Waals surface area (Å²) in [6, 6.07) is 6.50. The number of piperidine rings is 1. The third kappa shape index (κ3) is 5.02. The van der Waals surface area contributed by atoms with Crippen LogP contribution < -0.4 is 9.64 Å². The summed E-state index contributed by atoms with van der Waals surface area (Å²) in [5.74, 6) is 0.421. The molecule has 0 aliphatic carbocycles. The van der Waals surface area contributed by atoms with Crippen LogP contribution in [0, 0.1) is 0 Å². The Balaban J connectivity index is 1.53. The lowest BCUT2D eigenvalue weighted by Crippen LogP contribution is -3.10. The lowest BCUT2D eigenvalue weighted by Gasteiger charge is -2.33. The molecule has 2 aliphatic heterocycles. The summed E-state index contributed by atoms with van der Waals surface area (Å²) in [6.07, 6.45) is 2.00. The van der Waals surface area contributed by atoms with E-state index >= 15 is 0 Å². The van der Waals surface area contributed by atoms with Crippen LogP contribution in [0.25, 0.3) is 0 Å². The first-order valence-electron chi connectivity index (χ1n) is 9.75. The second-order valence-corrected chi connectivity index (χ2v) is 9.41. The number of sulfonamides is 1. The predicted molar refractivity (Wildman–Crippen MR) is 104 cm³/mol. The highest BCUT2D eigenvalue weighted by molar-refractivity contribution is 7.89. The summed E-state index contributed by atoms with van der Waals surface area (Å²) in [7, 11) is 0.477. The van der Waals surface area contributed by atoms with Crippen LogP contribution in [-0.2, 0) is 19.6 Å². The molecule has 28 heavy (non-hydrogen) atoms. The minimum Gasteiger partial charge on any atom is -0.484 e. The maximum atomic E-state index is 12.6. The zero-order valence-electron chi connectivity index (χ0n) is 16.6. The van der Waals surface area contributed by atoms with Crippen molar-refractivity contribution in [2.75, 3.05) is 60.1 Å². The van der Waals surface area contributed by atoms with Gasteiger partial charge in [0.2, 0.25) is 10.0 Å². The van der Waals surface area contributed by atoms with Crippen LogP contribution >= 0.6 is 0 Å². The van der Waals surface area contributed by atoms with E-state index in [4.69, 9.17) is 9.47 Å². The maximum Gasteiger partial charge on any atom is 0.260 e. The molecule has 0 radical (unpaired) electrons. The highest BCUT2D eigenvalue weighted by Gasteiger charge is 2.27. The number of amides is 1. The van der Waals surface area contributed by atoms with E-state index in [0.717, 1.165) is 25.9 Å². The van der Waals surface area contributed by atoms with Gasteiger partial charge >= 0.3 is 0 Å². The van der Waals surface area contributed by atoms with Crippen molar-refractivity contribution in [3.05, 3.63) is 24.3 Å². The van der Waals surface area contributed by atoms with Gasteiger partial charge in [0.1, 0.15) is 5.75 Å². The summed E-state index contributed by atoms with van der Waals surface area (Å²) < 4.78 is 37.5. The van der Waals surface area contributed by atoms with Crippen molar-refractivity contribution in [2.45, 2.75) is 23.8 Å². The topological polar surface area (TPSA) is 80.6 Å². The van der Waals surface area contributed by atoms with Crippen LogP contribution in [0.5, 0.6) is 5.75 Å². The van der Waals surface area contributed by atoms with E-state index < -0.39 is 10.0 Å². The van der Waals surface area contributed by atoms with E-state index in [1.165, 1.54) is 21.3 Å². The molecule has 2 heterocycles. The van der Waals surface area contributed by atoms with E-state index in [-0.39, 0.29) is 23.5 Å². The van der Waals surface area contributed by atoms with E-state index in [1.54, 1.807) is 17.0 Å². The van der Waals surface area contributed by atoms with Crippen LogP contribution in [0.2, 0.25) is 0 Å². The number of carbonyl (C=O) groups excluding carboxylic acids is 1. The van der Waals surface area contributed by atoms with Crippen molar-refractivity contribution in [2.24, 2.45) is 0 Å². The molecule has 2 aliphatic rings. The smallest absolute Gasteiger partial charge is 0.260 e. The Bertz CT molecular complexity index is 754. The van der Waals surface area contributed by atoms with Crippen molar-refractivity contribution in [1.82, 2.24) is 9.21 Å². The Hall–Kier alpha value is -1.68. The number of likely N-dealkylation sites (tertiary alicyclic amines) is 1. The summed E-state index contributed by atoms with van der Waals surface area (Å²) in [4.78, 5) is 15.9. The SMILES string of the molecule is CN(C(=O)COc1ccc(S(=O)(=O)N2CCOCC2)cc1)C1CC[NH+](C)CC1. The van der Waals surface area contributed by atoms with Crippen LogP contribution in [0.1, 0.15) is 12.8 Å². The average molecular weight is 413 g/mol. The fourth-order valence-electron chi connectivity index (χ4n) is 3.58. The lowest BCUT2D eigenvalue weighted by molar-refractivity contribution is -0.885. The van der Waals surface area contributed by atoms with Gasteiger partial charge in [-0.3, -0.25) is 4.79 Å². The minimum absolute atomic E-state index is 0.0503. The Morgan fingerprint density at radius 1 is 1.21 bits per heavy atom. The number of nitrogens with one attached hydrogen (secondary N) is 1. The number of morpholine rings is 1. The number of rotatable bonds is 6. The van der Waals surface area contributed by atoms with Gasteiger partial charge in [-0.1, -0.05) is 0 Å². The van der Waals surface area contributed by atoms with Crippen molar-refractivity contribution >= 4 is 15.9 Å². The van der Waals surface area contributed by atoms with Crippen LogP contribution in [0.3, 0.4) is 0 Å². The summed E-state index contributed by atoms with van der Waals surface area (Å²) >= 11 is 0. The first-order valence-corrected chi connectivity index (χ1v) is 11.2. The third-order valence-electron chi connectivity index (χ3n) is 5.54. The molecule has 1 amide bonds. The zero-order chi connectivity index (χ0) is 20.1. The van der Waals surface area contributed by atoms with Gasteiger partial charge in [0.15, 0.2) is 6.61 Å². The predicted octanol–water partition coefficient (Wildman–Crippen LogP) is -0.778. The molecular formula is C19H30N3O5S+. The number of quaternary nitrogens is 1. The van der Waals surface area contributed by atoms with Gasteiger partial charge in [0.05, 0.1) is 38.2 Å². The van der Waals surface area contributed by atoms with E-state index in [1.807, 2.05) is 7.05 Å². The van der Waals surface area contributed by atoms with Crippen molar-refractivity contribution in [3.63, 3.8) is 0 Å².